The first-order valence-electron chi connectivity index (χ1n) is 16.4. The van der Waals surface area contributed by atoms with Crippen molar-refractivity contribution >= 4 is 43.1 Å². The second-order valence-electron chi connectivity index (χ2n) is 14.3. The number of fused-ring (bicyclic) bond motifs is 4. The Bertz CT molecular complexity index is 1800. The summed E-state index contributed by atoms with van der Waals surface area (Å²) in [6.07, 6.45) is 9.81. The molecule has 0 aromatic heterocycles. The molecule has 0 unspecified atom stereocenters. The highest BCUT2D eigenvalue weighted by atomic mass is 35.5. The van der Waals surface area contributed by atoms with Crippen molar-refractivity contribution in [3.05, 3.63) is 70.3 Å². The van der Waals surface area contributed by atoms with Gasteiger partial charge in [-0.15, -0.1) is 0 Å². The molecule has 0 saturated heterocycles. The zero-order valence-electron chi connectivity index (χ0n) is 27.5. The average Bonchev–Trinajstić information content (AvgIpc) is 3.14. The molecule has 6 rings (SSSR count). The van der Waals surface area contributed by atoms with Crippen molar-refractivity contribution in [1.82, 2.24) is 4.72 Å². The Morgan fingerprint density at radius 3 is 2.64 bits per heavy atom. The summed E-state index contributed by atoms with van der Waals surface area (Å²) in [6.45, 7) is 5.03. The summed E-state index contributed by atoms with van der Waals surface area (Å²) in [4.78, 5) is 15.7. The van der Waals surface area contributed by atoms with Crippen molar-refractivity contribution in [2.75, 3.05) is 43.7 Å². The number of halogens is 1. The van der Waals surface area contributed by atoms with Crippen LogP contribution in [0.25, 0.3) is 0 Å². The van der Waals surface area contributed by atoms with E-state index in [4.69, 9.17) is 21.1 Å². The van der Waals surface area contributed by atoms with E-state index in [1.807, 2.05) is 31.2 Å². The molecule has 4 aliphatic rings. The normalized spacial score (nSPS) is 33.0. The fourth-order valence-electron chi connectivity index (χ4n) is 8.20. The summed E-state index contributed by atoms with van der Waals surface area (Å²) in [7, 11) is -5.90. The molecule has 256 valence electrons. The van der Waals surface area contributed by atoms with E-state index in [0.717, 1.165) is 32.1 Å². The smallest absolute Gasteiger partial charge is 0.264 e. The largest absolute Gasteiger partial charge is 0.490 e. The molecule has 2 heterocycles. The van der Waals surface area contributed by atoms with Crippen LogP contribution in [0.5, 0.6) is 5.75 Å². The first-order valence-corrected chi connectivity index (χ1v) is 20.4. The molecule has 1 saturated carbocycles. The standard InChI is InChI=1S/C35H45ClN2O7S2/c1-23-7-5-16-35(44-3,22-46(4,40)41)30-12-9-27(30)19-38-20-34(15-6-8-25-17-28(36)11-13-29(25)34)21-45-32-14-10-26(18-31(32)38)33(39)37-47(42,43)24(23)2/h5,10-11,13-14,16-18,23-24,27,30H,6-9,12,15,19-22H2,1-4H3,(H,37,39)/b16-5+/t23-,24+,27-,30+,34-,35-/m0/s1. The summed E-state index contributed by atoms with van der Waals surface area (Å²) in [5.74, 6) is -0.576. The minimum atomic E-state index is -4.02. The van der Waals surface area contributed by atoms with E-state index in [1.165, 1.54) is 17.4 Å². The number of hydrogen-bond acceptors (Lipinski definition) is 8. The number of carbonyl (C=O) groups is 1. The second-order valence-corrected chi connectivity index (χ2v) is 18.9. The number of sulfone groups is 1. The number of ether oxygens (including phenoxy) is 2. The Morgan fingerprint density at radius 1 is 1.15 bits per heavy atom. The molecule has 9 nitrogen and oxygen atoms in total. The Labute approximate surface area is 284 Å². The number of aryl methyl sites for hydroxylation is 1. The Balaban J connectivity index is 1.48. The van der Waals surface area contributed by atoms with E-state index in [2.05, 4.69) is 15.7 Å². The third-order valence-electron chi connectivity index (χ3n) is 11.1. The Kier molecular flexibility index (Phi) is 9.26. The average molecular weight is 705 g/mol. The zero-order chi connectivity index (χ0) is 33.8. The number of hydrogen-bond donors (Lipinski definition) is 1. The van der Waals surface area contributed by atoms with E-state index < -0.39 is 36.6 Å². The maximum absolute atomic E-state index is 13.5. The predicted molar refractivity (Wildman–Crippen MR) is 185 cm³/mol. The molecule has 2 aliphatic heterocycles. The number of carbonyl (C=O) groups excluding carboxylic acids is 1. The Morgan fingerprint density at radius 2 is 1.94 bits per heavy atom. The van der Waals surface area contributed by atoms with Crippen LogP contribution in [-0.4, -0.2) is 72.4 Å². The van der Waals surface area contributed by atoms with E-state index >= 15 is 0 Å². The third kappa shape index (κ3) is 6.70. The molecular weight excluding hydrogens is 660 g/mol. The van der Waals surface area contributed by atoms with Crippen LogP contribution in [-0.2, 0) is 36.4 Å². The monoisotopic (exact) mass is 704 g/mol. The zero-order valence-corrected chi connectivity index (χ0v) is 29.9. The number of nitrogens with one attached hydrogen (secondary N) is 1. The summed E-state index contributed by atoms with van der Waals surface area (Å²) in [5, 5.41) is -0.183. The SMILES string of the molecule is CO[C@]1(CS(C)(=O)=O)/C=C/C[C@H](C)[C@@H](C)S(=O)(=O)NC(=O)c2ccc3c(c2)N(C[C@@H]2CC[C@H]21)C[C@@]1(CCCc2cc(Cl)ccc21)CO3. The van der Waals surface area contributed by atoms with E-state index in [9.17, 15) is 21.6 Å². The summed E-state index contributed by atoms with van der Waals surface area (Å²) < 4.78 is 67.5. The first-order chi connectivity index (χ1) is 22.2. The molecule has 2 aliphatic carbocycles. The topological polar surface area (TPSA) is 119 Å². The number of methoxy groups -OCH3 is 1. The number of benzene rings is 2. The third-order valence-corrected chi connectivity index (χ3v) is 14.2. The molecule has 1 amide bonds. The minimum Gasteiger partial charge on any atom is -0.490 e. The molecule has 12 heteroatoms. The quantitative estimate of drug-likeness (QED) is 0.427. The van der Waals surface area contributed by atoms with Gasteiger partial charge in [-0.2, -0.15) is 0 Å². The lowest BCUT2D eigenvalue weighted by Gasteiger charge is -2.50. The lowest BCUT2D eigenvalue weighted by atomic mass is 9.64. The van der Waals surface area contributed by atoms with Crippen molar-refractivity contribution < 1.29 is 31.1 Å². The van der Waals surface area contributed by atoms with E-state index in [0.29, 0.717) is 42.6 Å². The minimum absolute atomic E-state index is 0.0876. The van der Waals surface area contributed by atoms with Gasteiger partial charge in [0, 0.05) is 42.5 Å². The maximum Gasteiger partial charge on any atom is 0.264 e. The number of anilines is 1. The van der Waals surface area contributed by atoms with Gasteiger partial charge in [0.05, 0.1) is 23.3 Å². The number of nitrogens with zero attached hydrogens (tertiary/aromatic N) is 1. The molecule has 0 radical (unpaired) electrons. The van der Waals surface area contributed by atoms with Crippen LogP contribution in [0, 0.1) is 17.8 Å². The summed E-state index contributed by atoms with van der Waals surface area (Å²) in [5.41, 5.74) is 1.94. The van der Waals surface area contributed by atoms with Crippen LogP contribution < -0.4 is 14.4 Å². The lowest BCUT2D eigenvalue weighted by molar-refractivity contribution is -0.0596. The van der Waals surface area contributed by atoms with Crippen molar-refractivity contribution in [3.63, 3.8) is 0 Å². The molecule has 1 N–H and O–H groups in total. The number of rotatable bonds is 3. The van der Waals surface area contributed by atoms with Crippen LogP contribution in [0.4, 0.5) is 5.69 Å². The van der Waals surface area contributed by atoms with Crippen LogP contribution in [0.1, 0.15) is 67.4 Å². The molecule has 6 atom stereocenters. The van der Waals surface area contributed by atoms with E-state index in [-0.39, 0.29) is 34.5 Å². The summed E-state index contributed by atoms with van der Waals surface area (Å²) in [6, 6.07) is 11.2. The van der Waals surface area contributed by atoms with Crippen molar-refractivity contribution in [3.8, 4) is 5.75 Å². The van der Waals surface area contributed by atoms with Gasteiger partial charge in [0.2, 0.25) is 10.0 Å². The highest BCUT2D eigenvalue weighted by Crippen LogP contribution is 2.49. The molecule has 47 heavy (non-hydrogen) atoms. The van der Waals surface area contributed by atoms with Crippen molar-refractivity contribution in [1.29, 1.82) is 0 Å². The predicted octanol–water partition coefficient (Wildman–Crippen LogP) is 5.31. The van der Waals surface area contributed by atoms with Crippen LogP contribution in [0.3, 0.4) is 0 Å². The first kappa shape index (κ1) is 34.3. The highest BCUT2D eigenvalue weighted by Gasteiger charge is 2.50. The number of amides is 1. The molecule has 2 aromatic carbocycles. The van der Waals surface area contributed by atoms with Gasteiger partial charge in [0.15, 0.2) is 9.84 Å². The maximum atomic E-state index is 13.5. The van der Waals surface area contributed by atoms with Gasteiger partial charge in [-0.3, -0.25) is 4.79 Å². The molecule has 1 fully saturated rings. The summed E-state index contributed by atoms with van der Waals surface area (Å²) >= 11 is 6.42. The van der Waals surface area contributed by atoms with E-state index in [1.54, 1.807) is 32.2 Å². The lowest BCUT2D eigenvalue weighted by Crippen LogP contribution is -2.55. The number of sulfonamides is 1. The molecule has 2 aromatic rings. The second kappa shape index (κ2) is 12.7. The van der Waals surface area contributed by atoms with Crippen molar-refractivity contribution in [2.45, 2.75) is 68.6 Å². The molecular formula is C35H45ClN2O7S2. The van der Waals surface area contributed by atoms with Crippen LogP contribution >= 0.6 is 11.6 Å². The van der Waals surface area contributed by atoms with Gasteiger partial charge in [-0.25, -0.2) is 21.6 Å². The van der Waals surface area contributed by atoms with Crippen LogP contribution in [0.15, 0.2) is 48.6 Å². The van der Waals surface area contributed by atoms with Gasteiger partial charge in [0.1, 0.15) is 11.4 Å². The van der Waals surface area contributed by atoms with Gasteiger partial charge >= 0.3 is 0 Å². The highest BCUT2D eigenvalue weighted by molar-refractivity contribution is 7.91. The van der Waals surface area contributed by atoms with Crippen molar-refractivity contribution in [2.24, 2.45) is 17.8 Å². The molecule has 1 spiro atoms. The Hall–Kier alpha value is -2.60. The van der Waals surface area contributed by atoms with Gasteiger partial charge < -0.3 is 14.4 Å². The fourth-order valence-corrected chi connectivity index (χ4v) is 10.9. The van der Waals surface area contributed by atoms with Gasteiger partial charge in [0.25, 0.3) is 5.91 Å². The molecule has 2 bridgehead atoms. The van der Waals surface area contributed by atoms with Gasteiger partial charge in [-0.05, 0) is 105 Å². The fraction of sp³-hybridized carbons (Fsp3) is 0.571. The van der Waals surface area contributed by atoms with Gasteiger partial charge in [-0.1, -0.05) is 36.7 Å². The number of allylic oxidation sites excluding steroid dienone is 1. The van der Waals surface area contributed by atoms with Crippen LogP contribution in [0.2, 0.25) is 5.02 Å².